The molecule has 1 amide bonds. The van der Waals surface area contributed by atoms with Crippen LogP contribution in [0, 0.1) is 0 Å². The first-order valence-electron chi connectivity index (χ1n) is 13.3. The number of aromatic nitrogens is 2. The topological polar surface area (TPSA) is 65.4 Å². The van der Waals surface area contributed by atoms with Gasteiger partial charge in [0.25, 0.3) is 0 Å². The number of amides is 1. The quantitative estimate of drug-likeness (QED) is 0.149. The van der Waals surface area contributed by atoms with Crippen molar-refractivity contribution >= 4 is 17.7 Å². The third-order valence-corrected chi connectivity index (χ3v) is 7.69. The first kappa shape index (κ1) is 25.8. The van der Waals surface area contributed by atoms with Crippen LogP contribution in [-0.2, 0) is 11.3 Å². The van der Waals surface area contributed by atoms with Crippen LogP contribution in [0.2, 0.25) is 0 Å². The van der Waals surface area contributed by atoms with Crippen molar-refractivity contribution < 1.29 is 14.3 Å². The van der Waals surface area contributed by atoms with Gasteiger partial charge in [0, 0.05) is 35.5 Å². The van der Waals surface area contributed by atoms with Gasteiger partial charge < -0.3 is 14.8 Å². The first-order chi connectivity index (χ1) is 19.8. The minimum absolute atomic E-state index is 0.0274. The summed E-state index contributed by atoms with van der Waals surface area (Å²) < 4.78 is 13.0. The number of imidazole rings is 1. The van der Waals surface area contributed by atoms with E-state index in [1.54, 1.807) is 11.8 Å². The van der Waals surface area contributed by atoms with Gasteiger partial charge in [-0.05, 0) is 36.2 Å². The molecule has 6 rings (SSSR count). The monoisotopic (exact) mass is 547 g/mol. The summed E-state index contributed by atoms with van der Waals surface area (Å²) in [4.78, 5) is 17.7. The maximum Gasteiger partial charge on any atom is 0.231 e. The molecular formula is C33H29N3O3S. The van der Waals surface area contributed by atoms with Crippen LogP contribution in [0.4, 0.5) is 0 Å². The van der Waals surface area contributed by atoms with Crippen LogP contribution in [0.25, 0.3) is 28.2 Å². The van der Waals surface area contributed by atoms with Crippen molar-refractivity contribution in [3.63, 3.8) is 0 Å². The number of hydrogen-bond acceptors (Lipinski definition) is 5. The second kappa shape index (κ2) is 12.1. The fourth-order valence-electron chi connectivity index (χ4n) is 4.71. The average Bonchev–Trinajstić information content (AvgIpc) is 3.64. The van der Waals surface area contributed by atoms with E-state index >= 15 is 0 Å². The van der Waals surface area contributed by atoms with Gasteiger partial charge in [0.05, 0.1) is 11.4 Å². The van der Waals surface area contributed by atoms with Gasteiger partial charge in [0.2, 0.25) is 12.7 Å². The molecule has 1 N–H and O–H groups in total. The molecule has 0 radical (unpaired) electrons. The Labute approximate surface area is 238 Å². The van der Waals surface area contributed by atoms with E-state index in [0.717, 1.165) is 62.6 Å². The van der Waals surface area contributed by atoms with Gasteiger partial charge in [-0.15, -0.1) is 0 Å². The molecule has 5 aromatic rings. The third kappa shape index (κ3) is 5.75. The van der Waals surface area contributed by atoms with E-state index in [1.807, 2.05) is 60.7 Å². The van der Waals surface area contributed by atoms with Crippen LogP contribution in [-0.4, -0.2) is 28.0 Å². The molecule has 6 nitrogen and oxygen atoms in total. The Morgan fingerprint density at radius 1 is 0.825 bits per heavy atom. The van der Waals surface area contributed by atoms with E-state index in [4.69, 9.17) is 14.5 Å². The van der Waals surface area contributed by atoms with Gasteiger partial charge in [-0.3, -0.25) is 9.36 Å². The minimum Gasteiger partial charge on any atom is -0.454 e. The van der Waals surface area contributed by atoms with E-state index in [2.05, 4.69) is 58.4 Å². The number of ether oxygens (including phenoxy) is 2. The summed E-state index contributed by atoms with van der Waals surface area (Å²) in [5.74, 6) is 2.26. The molecule has 0 aliphatic carbocycles. The highest BCUT2D eigenvalue weighted by Gasteiger charge is 2.21. The number of benzene rings is 4. The molecule has 0 bridgehead atoms. The normalized spacial score (nSPS) is 11.9. The SMILES string of the molecule is O=C(CCCSc1nc(-c2ccccc2)c(-c2ccccc2)n1-c1ccccc1)NCc1ccc2c(c1)OCO2. The summed E-state index contributed by atoms with van der Waals surface area (Å²) in [6, 6.07) is 36.8. The number of rotatable bonds is 10. The zero-order chi connectivity index (χ0) is 27.1. The highest BCUT2D eigenvalue weighted by molar-refractivity contribution is 7.99. The maximum absolute atomic E-state index is 12.6. The molecule has 2 heterocycles. The maximum atomic E-state index is 12.6. The van der Waals surface area contributed by atoms with E-state index < -0.39 is 0 Å². The Hall–Kier alpha value is -4.49. The molecule has 40 heavy (non-hydrogen) atoms. The molecule has 7 heteroatoms. The number of nitrogens with zero attached hydrogens (tertiary/aromatic N) is 2. The van der Waals surface area contributed by atoms with Gasteiger partial charge in [-0.25, -0.2) is 4.98 Å². The Morgan fingerprint density at radius 2 is 1.50 bits per heavy atom. The summed E-state index contributed by atoms with van der Waals surface area (Å²) in [7, 11) is 0. The standard InChI is InChI=1S/C33H29N3O3S/c37-30(34-22-24-18-19-28-29(21-24)39-23-38-28)17-10-20-40-33-35-31(25-11-4-1-5-12-25)32(26-13-6-2-7-14-26)36(33)27-15-8-3-9-16-27/h1-9,11-16,18-19,21H,10,17,20,22-23H2,(H,34,37). The van der Waals surface area contributed by atoms with Crippen molar-refractivity contribution in [3.05, 3.63) is 115 Å². The van der Waals surface area contributed by atoms with Crippen molar-refractivity contribution in [1.29, 1.82) is 0 Å². The van der Waals surface area contributed by atoms with Crippen LogP contribution in [0.5, 0.6) is 11.5 Å². The predicted octanol–water partition coefficient (Wildman–Crippen LogP) is 7.12. The van der Waals surface area contributed by atoms with Crippen molar-refractivity contribution in [2.24, 2.45) is 0 Å². The van der Waals surface area contributed by atoms with Crippen molar-refractivity contribution in [1.82, 2.24) is 14.9 Å². The van der Waals surface area contributed by atoms with Gasteiger partial charge in [0.1, 0.15) is 0 Å². The molecule has 1 aliphatic rings. The summed E-state index contributed by atoms with van der Waals surface area (Å²) in [5, 5.41) is 3.92. The van der Waals surface area contributed by atoms with Crippen LogP contribution in [0.15, 0.2) is 114 Å². The van der Waals surface area contributed by atoms with Gasteiger partial charge in [-0.2, -0.15) is 0 Å². The van der Waals surface area contributed by atoms with Crippen molar-refractivity contribution in [3.8, 4) is 39.7 Å². The number of hydrogen-bond donors (Lipinski definition) is 1. The minimum atomic E-state index is 0.0274. The summed E-state index contributed by atoms with van der Waals surface area (Å²) >= 11 is 1.68. The Morgan fingerprint density at radius 3 is 2.25 bits per heavy atom. The largest absolute Gasteiger partial charge is 0.454 e. The van der Waals surface area contributed by atoms with Gasteiger partial charge in [0.15, 0.2) is 16.7 Å². The van der Waals surface area contributed by atoms with E-state index in [9.17, 15) is 4.79 Å². The number of thioether (sulfide) groups is 1. The molecule has 0 saturated heterocycles. The second-order valence-electron chi connectivity index (χ2n) is 9.41. The second-order valence-corrected chi connectivity index (χ2v) is 10.5. The van der Waals surface area contributed by atoms with Crippen molar-refractivity contribution in [2.45, 2.75) is 24.5 Å². The number of fused-ring (bicyclic) bond motifs is 1. The molecule has 1 aliphatic heterocycles. The molecule has 0 fully saturated rings. The fourth-order valence-corrected chi connectivity index (χ4v) is 5.66. The summed E-state index contributed by atoms with van der Waals surface area (Å²) in [6.45, 7) is 0.701. The van der Waals surface area contributed by atoms with Crippen molar-refractivity contribution in [2.75, 3.05) is 12.5 Å². The third-order valence-electron chi connectivity index (χ3n) is 6.66. The average molecular weight is 548 g/mol. The number of para-hydroxylation sites is 1. The lowest BCUT2D eigenvalue weighted by atomic mass is 10.0. The molecular weight excluding hydrogens is 518 g/mol. The number of carbonyl (C=O) groups is 1. The number of nitrogens with one attached hydrogen (secondary N) is 1. The van der Waals surface area contributed by atoms with E-state index in [0.29, 0.717) is 13.0 Å². The molecule has 200 valence electrons. The molecule has 0 atom stereocenters. The molecule has 4 aromatic carbocycles. The smallest absolute Gasteiger partial charge is 0.231 e. The van der Waals surface area contributed by atoms with Gasteiger partial charge >= 0.3 is 0 Å². The summed E-state index contributed by atoms with van der Waals surface area (Å²) in [5.41, 5.74) is 6.22. The van der Waals surface area contributed by atoms with Gasteiger partial charge in [-0.1, -0.05) is 96.7 Å². The predicted molar refractivity (Wildman–Crippen MR) is 159 cm³/mol. The number of carbonyl (C=O) groups excluding carboxylic acids is 1. The lowest BCUT2D eigenvalue weighted by Crippen LogP contribution is -2.22. The van der Waals surface area contributed by atoms with Crippen LogP contribution >= 0.6 is 11.8 Å². The molecule has 1 aromatic heterocycles. The molecule has 0 saturated carbocycles. The lowest BCUT2D eigenvalue weighted by molar-refractivity contribution is -0.121. The zero-order valence-corrected chi connectivity index (χ0v) is 22.8. The molecule has 0 unspecified atom stereocenters. The Bertz CT molecular complexity index is 1590. The van der Waals surface area contributed by atoms with E-state index in [1.165, 1.54) is 0 Å². The molecule has 0 spiro atoms. The van der Waals surface area contributed by atoms with Crippen LogP contribution in [0.1, 0.15) is 18.4 Å². The fraction of sp³-hybridized carbons (Fsp3) is 0.152. The first-order valence-corrected chi connectivity index (χ1v) is 14.3. The highest BCUT2D eigenvalue weighted by Crippen LogP contribution is 2.38. The lowest BCUT2D eigenvalue weighted by Gasteiger charge is -2.13. The van der Waals surface area contributed by atoms with Crippen LogP contribution < -0.4 is 14.8 Å². The Balaban J connectivity index is 1.18. The zero-order valence-electron chi connectivity index (χ0n) is 22.0. The highest BCUT2D eigenvalue weighted by atomic mass is 32.2. The van der Waals surface area contributed by atoms with E-state index in [-0.39, 0.29) is 12.7 Å². The Kier molecular flexibility index (Phi) is 7.82. The summed E-state index contributed by atoms with van der Waals surface area (Å²) in [6.07, 6.45) is 1.18. The van der Waals surface area contributed by atoms with Crippen LogP contribution in [0.3, 0.4) is 0 Å².